The molecule has 3 aromatic carbocycles. The van der Waals surface area contributed by atoms with Crippen LogP contribution in [0.15, 0.2) is 42.5 Å². The number of benzene rings is 3. The molecule has 4 heteroatoms. The Labute approximate surface area is 145 Å². The third-order valence-electron chi connectivity index (χ3n) is 4.19. The maximum Gasteiger partial charge on any atom is 0.201 e. The highest BCUT2D eigenvalue weighted by Gasteiger charge is 2.20. The summed E-state index contributed by atoms with van der Waals surface area (Å²) in [6.07, 6.45) is 1.97. The number of ether oxygens (including phenoxy) is 1. The Kier molecular flexibility index (Phi) is 4.98. The highest BCUT2D eigenvalue weighted by atomic mass is 19.2. The van der Waals surface area contributed by atoms with Gasteiger partial charge >= 0.3 is 0 Å². The van der Waals surface area contributed by atoms with Crippen molar-refractivity contribution >= 4 is 10.8 Å². The summed E-state index contributed by atoms with van der Waals surface area (Å²) in [4.78, 5) is 0. The van der Waals surface area contributed by atoms with Gasteiger partial charge in [-0.3, -0.25) is 0 Å². The van der Waals surface area contributed by atoms with Crippen molar-refractivity contribution in [3.63, 3.8) is 0 Å². The van der Waals surface area contributed by atoms with E-state index >= 15 is 0 Å². The summed E-state index contributed by atoms with van der Waals surface area (Å²) < 4.78 is 48.5. The van der Waals surface area contributed by atoms with Gasteiger partial charge in [0.1, 0.15) is 5.82 Å². The van der Waals surface area contributed by atoms with Gasteiger partial charge in [-0.25, -0.2) is 8.78 Å². The molecule has 3 rings (SSSR count). The van der Waals surface area contributed by atoms with E-state index in [1.54, 1.807) is 31.2 Å². The number of hydrogen-bond acceptors (Lipinski definition) is 1. The first-order valence-corrected chi connectivity index (χ1v) is 8.39. The first kappa shape index (κ1) is 17.3. The second-order valence-electron chi connectivity index (χ2n) is 5.91. The standard InChI is InChI=1S/C21H19F3O/c1-3-5-13-6-8-14(9-7-13)16-11-10-15-12-17(25-4-2)20(23)21(24)18(15)19(16)22/h6-12H,3-5H2,1-2H3. The van der Waals surface area contributed by atoms with Crippen LogP contribution in [0.2, 0.25) is 0 Å². The molecular weight excluding hydrogens is 325 g/mol. The van der Waals surface area contributed by atoms with Crippen LogP contribution < -0.4 is 4.74 Å². The van der Waals surface area contributed by atoms with Gasteiger partial charge in [-0.15, -0.1) is 0 Å². The van der Waals surface area contributed by atoms with E-state index in [1.807, 2.05) is 12.1 Å². The smallest absolute Gasteiger partial charge is 0.201 e. The summed E-state index contributed by atoms with van der Waals surface area (Å²) >= 11 is 0. The maximum atomic E-state index is 14.9. The number of aryl methyl sites for hydroxylation is 1. The topological polar surface area (TPSA) is 9.23 Å². The van der Waals surface area contributed by atoms with Crippen molar-refractivity contribution in [2.75, 3.05) is 6.61 Å². The second kappa shape index (κ2) is 7.18. The molecule has 130 valence electrons. The largest absolute Gasteiger partial charge is 0.491 e. The van der Waals surface area contributed by atoms with Crippen molar-refractivity contribution in [3.8, 4) is 16.9 Å². The van der Waals surface area contributed by atoms with Crippen molar-refractivity contribution < 1.29 is 17.9 Å². The van der Waals surface area contributed by atoms with E-state index < -0.39 is 17.5 Å². The molecule has 0 radical (unpaired) electrons. The average molecular weight is 344 g/mol. The summed E-state index contributed by atoms with van der Waals surface area (Å²) in [6.45, 7) is 3.96. The molecule has 0 aliphatic carbocycles. The van der Waals surface area contributed by atoms with Crippen LogP contribution in [0.25, 0.3) is 21.9 Å². The molecule has 0 aliphatic rings. The molecule has 0 heterocycles. The molecule has 0 aliphatic heterocycles. The summed E-state index contributed by atoms with van der Waals surface area (Å²) in [6, 6.07) is 12.0. The molecule has 0 spiro atoms. The minimum absolute atomic E-state index is 0.201. The lowest BCUT2D eigenvalue weighted by atomic mass is 9.98. The lowest BCUT2D eigenvalue weighted by Crippen LogP contribution is -2.00. The fourth-order valence-electron chi connectivity index (χ4n) is 2.98. The van der Waals surface area contributed by atoms with Crippen LogP contribution in [0.1, 0.15) is 25.8 Å². The van der Waals surface area contributed by atoms with Crippen LogP contribution in [0.5, 0.6) is 5.75 Å². The molecule has 0 fully saturated rings. The Morgan fingerprint density at radius 2 is 1.56 bits per heavy atom. The molecule has 0 atom stereocenters. The van der Waals surface area contributed by atoms with Crippen molar-refractivity contribution in [2.24, 2.45) is 0 Å². The minimum atomic E-state index is -1.22. The van der Waals surface area contributed by atoms with Gasteiger partial charge in [-0.2, -0.15) is 4.39 Å². The third kappa shape index (κ3) is 3.21. The minimum Gasteiger partial charge on any atom is -0.491 e. The van der Waals surface area contributed by atoms with Crippen LogP contribution in [-0.4, -0.2) is 6.61 Å². The Hall–Kier alpha value is -2.49. The monoisotopic (exact) mass is 344 g/mol. The van der Waals surface area contributed by atoms with Crippen molar-refractivity contribution in [3.05, 3.63) is 65.5 Å². The average Bonchev–Trinajstić information content (AvgIpc) is 2.61. The molecule has 25 heavy (non-hydrogen) atoms. The van der Waals surface area contributed by atoms with Gasteiger partial charge in [0.15, 0.2) is 11.6 Å². The zero-order valence-electron chi connectivity index (χ0n) is 14.2. The Morgan fingerprint density at radius 3 is 2.20 bits per heavy atom. The summed E-state index contributed by atoms with van der Waals surface area (Å²) in [5, 5.41) is -0.0812. The van der Waals surface area contributed by atoms with E-state index in [0.717, 1.165) is 18.4 Å². The number of hydrogen-bond donors (Lipinski definition) is 0. The zero-order valence-corrected chi connectivity index (χ0v) is 14.2. The van der Waals surface area contributed by atoms with Crippen LogP contribution in [0.4, 0.5) is 13.2 Å². The summed E-state index contributed by atoms with van der Waals surface area (Å²) in [7, 11) is 0. The van der Waals surface area contributed by atoms with Gasteiger partial charge in [0, 0.05) is 5.56 Å². The van der Waals surface area contributed by atoms with Gasteiger partial charge in [0.05, 0.1) is 12.0 Å². The Morgan fingerprint density at radius 1 is 0.840 bits per heavy atom. The van der Waals surface area contributed by atoms with Gasteiger partial charge in [0.25, 0.3) is 0 Å². The van der Waals surface area contributed by atoms with Crippen molar-refractivity contribution in [1.29, 1.82) is 0 Å². The molecule has 0 bridgehead atoms. The fraction of sp³-hybridized carbons (Fsp3) is 0.238. The number of rotatable bonds is 5. The SMILES string of the molecule is CCCc1ccc(-c2ccc3cc(OCC)c(F)c(F)c3c2F)cc1. The molecule has 0 aromatic heterocycles. The third-order valence-corrected chi connectivity index (χ3v) is 4.19. The number of halogens is 3. The van der Waals surface area contributed by atoms with Gasteiger partial charge in [-0.05, 0) is 35.9 Å². The lowest BCUT2D eigenvalue weighted by molar-refractivity contribution is 0.315. The molecule has 0 unspecified atom stereocenters. The van der Waals surface area contributed by atoms with Gasteiger partial charge in [-0.1, -0.05) is 49.7 Å². The second-order valence-corrected chi connectivity index (χ2v) is 5.91. The van der Waals surface area contributed by atoms with E-state index in [1.165, 1.54) is 6.07 Å². The highest BCUT2D eigenvalue weighted by Crippen LogP contribution is 2.35. The molecule has 0 saturated heterocycles. The molecular formula is C21H19F3O. The molecule has 0 saturated carbocycles. The van der Waals surface area contributed by atoms with E-state index in [-0.39, 0.29) is 28.7 Å². The van der Waals surface area contributed by atoms with Gasteiger partial charge in [0.2, 0.25) is 5.82 Å². The molecule has 0 amide bonds. The van der Waals surface area contributed by atoms with Crippen LogP contribution in [0.3, 0.4) is 0 Å². The predicted molar refractivity (Wildman–Crippen MR) is 94.4 cm³/mol. The van der Waals surface area contributed by atoms with Crippen molar-refractivity contribution in [1.82, 2.24) is 0 Å². The van der Waals surface area contributed by atoms with E-state index in [9.17, 15) is 13.2 Å². The normalized spacial score (nSPS) is 11.1. The quantitative estimate of drug-likeness (QED) is 0.529. The fourth-order valence-corrected chi connectivity index (χ4v) is 2.98. The summed E-state index contributed by atoms with van der Waals surface area (Å²) in [5.74, 6) is -3.35. The Bertz CT molecular complexity index is 901. The predicted octanol–water partition coefficient (Wildman–Crippen LogP) is 6.28. The maximum absolute atomic E-state index is 14.9. The van der Waals surface area contributed by atoms with Crippen LogP contribution in [0, 0.1) is 17.5 Å². The van der Waals surface area contributed by atoms with Gasteiger partial charge < -0.3 is 4.74 Å². The molecule has 0 N–H and O–H groups in total. The lowest BCUT2D eigenvalue weighted by Gasteiger charge is -2.12. The first-order chi connectivity index (χ1) is 12.1. The Balaban J connectivity index is 2.13. The van der Waals surface area contributed by atoms with Crippen LogP contribution in [-0.2, 0) is 6.42 Å². The highest BCUT2D eigenvalue weighted by molar-refractivity contribution is 5.90. The van der Waals surface area contributed by atoms with E-state index in [2.05, 4.69) is 6.92 Å². The van der Waals surface area contributed by atoms with E-state index in [4.69, 9.17) is 4.74 Å². The van der Waals surface area contributed by atoms with E-state index in [0.29, 0.717) is 5.56 Å². The summed E-state index contributed by atoms with van der Waals surface area (Å²) in [5.41, 5.74) is 2.04. The van der Waals surface area contributed by atoms with Crippen molar-refractivity contribution in [2.45, 2.75) is 26.7 Å². The number of fused-ring (bicyclic) bond motifs is 1. The zero-order chi connectivity index (χ0) is 18.0. The van der Waals surface area contributed by atoms with Crippen LogP contribution >= 0.6 is 0 Å². The molecule has 3 aromatic rings. The first-order valence-electron chi connectivity index (χ1n) is 8.39. The molecule has 1 nitrogen and oxygen atoms in total.